The van der Waals surface area contributed by atoms with Gasteiger partial charge >= 0.3 is 6.09 Å². The third-order valence-electron chi connectivity index (χ3n) is 3.50. The third-order valence-corrected chi connectivity index (χ3v) is 5.28. The summed E-state index contributed by atoms with van der Waals surface area (Å²) in [4.78, 5) is 12.1. The molecule has 6 heteroatoms. The van der Waals surface area contributed by atoms with Crippen molar-refractivity contribution in [3.63, 3.8) is 0 Å². The monoisotopic (exact) mass is 309 g/mol. The molecule has 1 aromatic rings. The van der Waals surface area contributed by atoms with Crippen LogP contribution in [0.2, 0.25) is 0 Å². The van der Waals surface area contributed by atoms with Gasteiger partial charge in [0.05, 0.1) is 4.90 Å². The van der Waals surface area contributed by atoms with Crippen LogP contribution >= 0.6 is 0 Å². The average molecular weight is 309 g/mol. The summed E-state index contributed by atoms with van der Waals surface area (Å²) < 4.78 is 31.3. The van der Waals surface area contributed by atoms with Crippen LogP contribution in [-0.2, 0) is 14.8 Å². The zero-order chi connectivity index (χ0) is 15.8. The van der Waals surface area contributed by atoms with E-state index in [0.717, 1.165) is 9.87 Å². The molecular weight excluding hydrogens is 290 g/mol. The van der Waals surface area contributed by atoms with E-state index in [0.29, 0.717) is 0 Å². The fourth-order valence-electron chi connectivity index (χ4n) is 2.34. The van der Waals surface area contributed by atoms with E-state index in [2.05, 4.69) is 6.58 Å². The average Bonchev–Trinajstić information content (AvgIpc) is 2.76. The highest BCUT2D eigenvalue weighted by Crippen LogP contribution is 2.31. The summed E-state index contributed by atoms with van der Waals surface area (Å²) in [7, 11) is -3.94. The Labute approximate surface area is 125 Å². The Morgan fingerprint density at radius 2 is 1.86 bits per heavy atom. The summed E-state index contributed by atoms with van der Waals surface area (Å²) in [5, 5.41) is 0. The molecule has 1 saturated heterocycles. The molecule has 1 aliphatic rings. The van der Waals surface area contributed by atoms with E-state index in [-0.39, 0.29) is 10.8 Å². The van der Waals surface area contributed by atoms with Crippen LogP contribution in [0.3, 0.4) is 0 Å². The van der Waals surface area contributed by atoms with Crippen LogP contribution in [-0.4, -0.2) is 31.0 Å². The minimum absolute atomic E-state index is 0.00447. The number of amides is 1. The van der Waals surface area contributed by atoms with Gasteiger partial charge in [0.15, 0.2) is 0 Å². The van der Waals surface area contributed by atoms with Gasteiger partial charge in [-0.3, -0.25) is 0 Å². The van der Waals surface area contributed by atoms with Gasteiger partial charge in [-0.2, -0.15) is 4.31 Å². The van der Waals surface area contributed by atoms with E-state index < -0.39 is 28.3 Å². The minimum Gasteiger partial charge on any atom is -0.442 e. The summed E-state index contributed by atoms with van der Waals surface area (Å²) in [5.74, 6) is -0.00447. The van der Waals surface area contributed by atoms with Crippen LogP contribution in [0, 0.1) is 12.8 Å². The second-order valence-corrected chi connectivity index (χ2v) is 7.25. The van der Waals surface area contributed by atoms with Crippen LogP contribution in [0.5, 0.6) is 0 Å². The van der Waals surface area contributed by atoms with Crippen molar-refractivity contribution in [3.05, 3.63) is 42.5 Å². The molecular formula is C15H19NO4S. The molecule has 2 atom stereocenters. The van der Waals surface area contributed by atoms with Crippen molar-refractivity contribution in [1.82, 2.24) is 4.31 Å². The second-order valence-electron chi connectivity index (χ2n) is 5.43. The summed E-state index contributed by atoms with van der Waals surface area (Å²) in [6, 6.07) is 5.67. The van der Waals surface area contributed by atoms with E-state index in [1.165, 1.54) is 18.2 Å². The van der Waals surface area contributed by atoms with E-state index in [1.54, 1.807) is 12.1 Å². The van der Waals surface area contributed by atoms with Crippen LogP contribution in [0.1, 0.15) is 19.4 Å². The van der Waals surface area contributed by atoms with Gasteiger partial charge < -0.3 is 4.74 Å². The Hall–Kier alpha value is -1.82. The number of nitrogens with zero attached hydrogens (tertiary/aromatic N) is 1. The number of hydrogen-bond acceptors (Lipinski definition) is 4. The quantitative estimate of drug-likeness (QED) is 0.802. The fraction of sp³-hybridized carbons (Fsp3) is 0.400. The van der Waals surface area contributed by atoms with Gasteiger partial charge in [0.25, 0.3) is 10.0 Å². The number of benzene rings is 1. The predicted octanol–water partition coefficient (Wildman–Crippen LogP) is 2.72. The Morgan fingerprint density at radius 1 is 1.29 bits per heavy atom. The topological polar surface area (TPSA) is 63.7 Å². The number of rotatable bonds is 4. The number of sulfonamides is 1. The summed E-state index contributed by atoms with van der Waals surface area (Å²) >= 11 is 0. The smallest absolute Gasteiger partial charge is 0.424 e. The minimum atomic E-state index is -3.94. The summed E-state index contributed by atoms with van der Waals surface area (Å²) in [5.41, 5.74) is 0.943. The molecule has 5 nitrogen and oxygen atoms in total. The van der Waals surface area contributed by atoms with Crippen molar-refractivity contribution >= 4 is 16.1 Å². The first-order valence-electron chi connectivity index (χ1n) is 6.73. The molecule has 1 amide bonds. The van der Waals surface area contributed by atoms with Crippen LogP contribution in [0.4, 0.5) is 4.79 Å². The molecule has 1 heterocycles. The van der Waals surface area contributed by atoms with Gasteiger partial charge in [-0.05, 0) is 25.0 Å². The molecule has 2 rings (SSSR count). The SMILES string of the molecule is C=C[C@H]1[C@@H](C(C)C)OC(=O)N1S(=O)(=O)c1ccc(C)cc1. The molecule has 0 aliphatic carbocycles. The highest BCUT2D eigenvalue weighted by atomic mass is 32.2. The van der Waals surface area contributed by atoms with Crippen molar-refractivity contribution in [2.24, 2.45) is 5.92 Å². The van der Waals surface area contributed by atoms with Gasteiger partial charge in [0.1, 0.15) is 12.1 Å². The van der Waals surface area contributed by atoms with Crippen LogP contribution in [0.25, 0.3) is 0 Å². The largest absolute Gasteiger partial charge is 0.442 e. The van der Waals surface area contributed by atoms with E-state index in [4.69, 9.17) is 4.74 Å². The van der Waals surface area contributed by atoms with Crippen LogP contribution in [0.15, 0.2) is 41.8 Å². The molecule has 114 valence electrons. The zero-order valence-electron chi connectivity index (χ0n) is 12.3. The fourth-order valence-corrected chi connectivity index (χ4v) is 3.81. The first-order chi connectivity index (χ1) is 9.78. The number of carbonyl (C=O) groups is 1. The van der Waals surface area contributed by atoms with E-state index in [9.17, 15) is 13.2 Å². The van der Waals surface area contributed by atoms with E-state index in [1.807, 2.05) is 20.8 Å². The Balaban J connectivity index is 2.45. The molecule has 0 radical (unpaired) electrons. The lowest BCUT2D eigenvalue weighted by Crippen LogP contribution is -2.41. The molecule has 0 saturated carbocycles. The van der Waals surface area contributed by atoms with Gasteiger partial charge in [-0.15, -0.1) is 6.58 Å². The Kier molecular flexibility index (Phi) is 4.09. The maximum Gasteiger partial charge on any atom is 0.424 e. The molecule has 0 bridgehead atoms. The van der Waals surface area contributed by atoms with Crippen molar-refractivity contribution in [2.45, 2.75) is 37.8 Å². The van der Waals surface area contributed by atoms with Gasteiger partial charge in [-0.25, -0.2) is 13.2 Å². The first-order valence-corrected chi connectivity index (χ1v) is 8.17. The molecule has 1 aliphatic heterocycles. The number of hydrogen-bond donors (Lipinski definition) is 0. The van der Waals surface area contributed by atoms with Gasteiger partial charge in [0, 0.05) is 0 Å². The van der Waals surface area contributed by atoms with Crippen molar-refractivity contribution in [1.29, 1.82) is 0 Å². The maximum absolute atomic E-state index is 12.7. The lowest BCUT2D eigenvalue weighted by atomic mass is 10.0. The lowest BCUT2D eigenvalue weighted by molar-refractivity contribution is 0.108. The molecule has 1 fully saturated rings. The molecule has 0 N–H and O–H groups in total. The number of ether oxygens (including phenoxy) is 1. The second kappa shape index (κ2) is 5.52. The molecule has 0 aromatic heterocycles. The van der Waals surface area contributed by atoms with Crippen molar-refractivity contribution < 1.29 is 17.9 Å². The van der Waals surface area contributed by atoms with Crippen molar-refractivity contribution in [3.8, 4) is 0 Å². The molecule has 1 aromatic carbocycles. The number of aryl methyl sites for hydroxylation is 1. The Bertz CT molecular complexity index is 649. The summed E-state index contributed by atoms with van der Waals surface area (Å²) in [6.45, 7) is 9.25. The maximum atomic E-state index is 12.7. The number of cyclic esters (lactones) is 1. The predicted molar refractivity (Wildman–Crippen MR) is 79.3 cm³/mol. The zero-order valence-corrected chi connectivity index (χ0v) is 13.1. The van der Waals surface area contributed by atoms with Crippen LogP contribution < -0.4 is 0 Å². The third kappa shape index (κ3) is 2.68. The van der Waals surface area contributed by atoms with Gasteiger partial charge in [0.2, 0.25) is 0 Å². The lowest BCUT2D eigenvalue weighted by Gasteiger charge is -2.22. The molecule has 21 heavy (non-hydrogen) atoms. The molecule has 0 unspecified atom stereocenters. The highest BCUT2D eigenvalue weighted by Gasteiger charge is 2.48. The summed E-state index contributed by atoms with van der Waals surface area (Å²) in [6.07, 6.45) is 0.0794. The first kappa shape index (κ1) is 15.6. The number of carbonyl (C=O) groups excluding carboxylic acids is 1. The normalized spacial score (nSPS) is 22.5. The van der Waals surface area contributed by atoms with Crippen molar-refractivity contribution in [2.75, 3.05) is 0 Å². The Morgan fingerprint density at radius 3 is 2.33 bits per heavy atom. The standard InChI is InChI=1S/C15H19NO4S/c1-5-13-14(10(2)3)20-15(17)16(13)21(18,19)12-8-6-11(4)7-9-12/h5-10,13-14H,1H2,2-4H3/t13-,14+/m0/s1. The van der Waals surface area contributed by atoms with Gasteiger partial charge in [-0.1, -0.05) is 37.6 Å². The highest BCUT2D eigenvalue weighted by molar-refractivity contribution is 7.89. The molecule has 0 spiro atoms. The van der Waals surface area contributed by atoms with E-state index >= 15 is 0 Å².